The first-order chi connectivity index (χ1) is 14.5. The molecule has 2 aliphatic rings. The summed E-state index contributed by atoms with van der Waals surface area (Å²) >= 11 is 5.99. The minimum absolute atomic E-state index is 0.0513. The lowest BCUT2D eigenvalue weighted by atomic mass is 9.90. The van der Waals surface area contributed by atoms with Crippen LogP contribution in [0.4, 0.5) is 0 Å². The zero-order chi connectivity index (χ0) is 21.1. The summed E-state index contributed by atoms with van der Waals surface area (Å²) in [4.78, 5) is 15.1. The topological polar surface area (TPSA) is 59.4 Å². The molecule has 30 heavy (non-hydrogen) atoms. The second-order valence-corrected chi connectivity index (χ2v) is 9.14. The fraction of sp³-hybridized carbons (Fsp3) is 0.565. The number of rotatable bonds is 6. The maximum Gasteiger partial charge on any atom is 0.274 e. The first kappa shape index (κ1) is 21.3. The summed E-state index contributed by atoms with van der Waals surface area (Å²) < 4.78 is 7.50. The molecule has 1 amide bonds. The van der Waals surface area contributed by atoms with E-state index in [0.717, 1.165) is 42.9 Å². The highest BCUT2D eigenvalue weighted by atomic mass is 35.5. The van der Waals surface area contributed by atoms with Crippen molar-refractivity contribution in [2.75, 3.05) is 26.3 Å². The Bertz CT molecular complexity index is 872. The van der Waals surface area contributed by atoms with E-state index in [1.807, 2.05) is 17.0 Å². The van der Waals surface area contributed by atoms with Gasteiger partial charge < -0.3 is 15.0 Å². The molecule has 0 radical (unpaired) electrons. The first-order valence-corrected chi connectivity index (χ1v) is 11.3. The average Bonchev–Trinajstić information content (AvgIpc) is 3.10. The van der Waals surface area contributed by atoms with Gasteiger partial charge in [0.2, 0.25) is 0 Å². The van der Waals surface area contributed by atoms with E-state index >= 15 is 0 Å². The number of morpholine rings is 1. The third-order valence-corrected chi connectivity index (χ3v) is 6.15. The number of nitrogens with one attached hydrogen (secondary N) is 1. The van der Waals surface area contributed by atoms with Crippen molar-refractivity contribution < 1.29 is 9.53 Å². The van der Waals surface area contributed by atoms with Crippen molar-refractivity contribution in [2.24, 2.45) is 5.92 Å². The van der Waals surface area contributed by atoms with Crippen molar-refractivity contribution in [3.05, 3.63) is 51.8 Å². The number of benzene rings is 1. The van der Waals surface area contributed by atoms with Crippen LogP contribution in [0.25, 0.3) is 0 Å². The van der Waals surface area contributed by atoms with Crippen molar-refractivity contribution >= 4 is 17.5 Å². The molecule has 2 heterocycles. The molecule has 0 unspecified atom stereocenters. The SMILES string of the molecule is CC(C)Cn1nc(C(=O)N2CCOCC2)c2c1CC[C@@H](NCc1ccc(Cl)cc1)C2. The van der Waals surface area contributed by atoms with Crippen molar-refractivity contribution in [3.63, 3.8) is 0 Å². The Hall–Kier alpha value is -1.89. The number of fused-ring (bicyclic) bond motifs is 1. The predicted molar refractivity (Wildman–Crippen MR) is 118 cm³/mol. The van der Waals surface area contributed by atoms with E-state index in [-0.39, 0.29) is 5.91 Å². The molecule has 6 nitrogen and oxygen atoms in total. The predicted octanol–water partition coefficient (Wildman–Crippen LogP) is 3.31. The van der Waals surface area contributed by atoms with Crippen LogP contribution in [0.3, 0.4) is 0 Å². The molecule has 0 spiro atoms. The van der Waals surface area contributed by atoms with E-state index in [0.29, 0.717) is 44.0 Å². The number of carbonyl (C=O) groups is 1. The van der Waals surface area contributed by atoms with Crippen LogP contribution >= 0.6 is 11.6 Å². The van der Waals surface area contributed by atoms with Crippen LogP contribution in [-0.4, -0.2) is 52.9 Å². The number of nitrogens with zero attached hydrogens (tertiary/aromatic N) is 3. The van der Waals surface area contributed by atoms with Crippen LogP contribution in [0.15, 0.2) is 24.3 Å². The molecule has 0 bridgehead atoms. The minimum atomic E-state index is 0.0513. The molecule has 162 valence electrons. The van der Waals surface area contributed by atoms with Crippen LogP contribution in [-0.2, 0) is 30.7 Å². The summed E-state index contributed by atoms with van der Waals surface area (Å²) in [7, 11) is 0. The van der Waals surface area contributed by atoms with Gasteiger partial charge in [0.05, 0.1) is 13.2 Å². The van der Waals surface area contributed by atoms with E-state index in [2.05, 4.69) is 36.0 Å². The second kappa shape index (κ2) is 9.50. The van der Waals surface area contributed by atoms with Crippen LogP contribution in [0.1, 0.15) is 47.6 Å². The fourth-order valence-electron chi connectivity index (χ4n) is 4.31. The number of hydrogen-bond donors (Lipinski definition) is 1. The molecule has 1 N–H and O–H groups in total. The molecule has 1 aromatic carbocycles. The summed E-state index contributed by atoms with van der Waals surface area (Å²) in [5.74, 6) is 0.538. The van der Waals surface area contributed by atoms with Gasteiger partial charge in [0.25, 0.3) is 5.91 Å². The van der Waals surface area contributed by atoms with Crippen molar-refractivity contribution in [1.29, 1.82) is 0 Å². The Balaban J connectivity index is 1.52. The van der Waals surface area contributed by atoms with Gasteiger partial charge in [-0.25, -0.2) is 0 Å². The minimum Gasteiger partial charge on any atom is -0.378 e. The quantitative estimate of drug-likeness (QED) is 0.763. The molecular weight excluding hydrogens is 400 g/mol. The smallest absolute Gasteiger partial charge is 0.274 e. The fourth-order valence-corrected chi connectivity index (χ4v) is 4.44. The van der Waals surface area contributed by atoms with Gasteiger partial charge in [-0.05, 0) is 42.9 Å². The van der Waals surface area contributed by atoms with Crippen molar-refractivity contribution in [3.8, 4) is 0 Å². The molecule has 1 aliphatic heterocycles. The highest BCUT2D eigenvalue weighted by molar-refractivity contribution is 6.30. The number of halogens is 1. The third kappa shape index (κ3) is 4.88. The zero-order valence-electron chi connectivity index (χ0n) is 17.9. The second-order valence-electron chi connectivity index (χ2n) is 8.70. The Morgan fingerprint density at radius 2 is 2.00 bits per heavy atom. The monoisotopic (exact) mass is 430 g/mol. The molecule has 4 rings (SSSR count). The maximum atomic E-state index is 13.3. The van der Waals surface area contributed by atoms with E-state index in [9.17, 15) is 4.79 Å². The lowest BCUT2D eigenvalue weighted by molar-refractivity contribution is 0.0297. The van der Waals surface area contributed by atoms with Crippen molar-refractivity contribution in [1.82, 2.24) is 20.0 Å². The van der Waals surface area contributed by atoms with Gasteiger partial charge in [-0.2, -0.15) is 5.10 Å². The standard InChI is InChI=1S/C23H31ClN4O2/c1-16(2)15-28-21-8-7-19(25-14-17-3-5-18(24)6-4-17)13-20(21)22(26-28)23(29)27-9-11-30-12-10-27/h3-6,16,19,25H,7-15H2,1-2H3/t19-/m1/s1. The van der Waals surface area contributed by atoms with E-state index < -0.39 is 0 Å². The number of aromatic nitrogens is 2. The van der Waals surface area contributed by atoms with E-state index in [1.165, 1.54) is 11.3 Å². The van der Waals surface area contributed by atoms with Gasteiger partial charge in [-0.1, -0.05) is 37.6 Å². The van der Waals surface area contributed by atoms with Gasteiger partial charge in [-0.15, -0.1) is 0 Å². The molecule has 1 atom stereocenters. The Morgan fingerprint density at radius 1 is 1.27 bits per heavy atom. The lowest BCUT2D eigenvalue weighted by Crippen LogP contribution is -2.41. The molecular formula is C23H31ClN4O2. The Morgan fingerprint density at radius 3 is 2.70 bits per heavy atom. The number of amides is 1. The van der Waals surface area contributed by atoms with E-state index in [1.54, 1.807) is 0 Å². The highest BCUT2D eigenvalue weighted by Crippen LogP contribution is 2.27. The molecule has 1 fully saturated rings. The largest absolute Gasteiger partial charge is 0.378 e. The lowest BCUT2D eigenvalue weighted by Gasteiger charge is -2.28. The Labute approximate surface area is 183 Å². The van der Waals surface area contributed by atoms with E-state index in [4.69, 9.17) is 21.4 Å². The molecule has 2 aromatic rings. The summed E-state index contributed by atoms with van der Waals surface area (Å²) in [5.41, 5.74) is 4.23. The molecule has 1 aliphatic carbocycles. The molecule has 7 heteroatoms. The first-order valence-electron chi connectivity index (χ1n) is 10.9. The molecule has 1 saturated heterocycles. The van der Waals surface area contributed by atoms with Gasteiger partial charge >= 0.3 is 0 Å². The highest BCUT2D eigenvalue weighted by Gasteiger charge is 2.31. The summed E-state index contributed by atoms with van der Waals surface area (Å²) in [6, 6.07) is 8.29. The third-order valence-electron chi connectivity index (χ3n) is 5.89. The van der Waals surface area contributed by atoms with Crippen LogP contribution in [0.2, 0.25) is 5.02 Å². The summed E-state index contributed by atoms with van der Waals surface area (Å²) in [6.45, 7) is 8.52. The average molecular weight is 431 g/mol. The molecule has 1 aromatic heterocycles. The molecule has 0 saturated carbocycles. The van der Waals surface area contributed by atoms with Crippen LogP contribution in [0, 0.1) is 5.92 Å². The maximum absolute atomic E-state index is 13.3. The number of hydrogen-bond acceptors (Lipinski definition) is 4. The van der Waals surface area contributed by atoms with Gasteiger partial charge in [0, 0.05) is 48.5 Å². The van der Waals surface area contributed by atoms with Crippen LogP contribution < -0.4 is 5.32 Å². The summed E-state index contributed by atoms with van der Waals surface area (Å²) in [6.07, 6.45) is 2.84. The van der Waals surface area contributed by atoms with Gasteiger partial charge in [0.15, 0.2) is 5.69 Å². The van der Waals surface area contributed by atoms with Crippen molar-refractivity contribution in [2.45, 2.75) is 52.2 Å². The number of ether oxygens (including phenoxy) is 1. The Kier molecular flexibility index (Phi) is 6.76. The summed E-state index contributed by atoms with van der Waals surface area (Å²) in [5, 5.41) is 9.24. The van der Waals surface area contributed by atoms with Gasteiger partial charge in [0.1, 0.15) is 0 Å². The van der Waals surface area contributed by atoms with Crippen LogP contribution in [0.5, 0.6) is 0 Å². The van der Waals surface area contributed by atoms with Gasteiger partial charge in [-0.3, -0.25) is 9.48 Å². The normalized spacial score (nSPS) is 19.2. The zero-order valence-corrected chi connectivity index (χ0v) is 18.6. The number of carbonyl (C=O) groups excluding carboxylic acids is 1.